The first kappa shape index (κ1) is 20.1. The first-order chi connectivity index (χ1) is 14.0. The second kappa shape index (κ2) is 8.68. The number of nitrogens with zero attached hydrogens (tertiary/aromatic N) is 2. The molecule has 0 spiro atoms. The van der Waals surface area contributed by atoms with Crippen LogP contribution in [-0.4, -0.2) is 44.0 Å². The molecule has 2 N–H and O–H groups in total. The van der Waals surface area contributed by atoms with Crippen molar-refractivity contribution in [2.75, 3.05) is 36.3 Å². The SMILES string of the molecule is O=S(=O)(Nc1cccc(-c2csc(Nc3ccccc3Cl)n2)c1)N1CCOCC1. The fourth-order valence-electron chi connectivity index (χ4n) is 2.88. The molecule has 0 radical (unpaired) electrons. The van der Waals surface area contributed by atoms with E-state index in [1.54, 1.807) is 18.2 Å². The molecule has 0 saturated carbocycles. The Morgan fingerprint density at radius 1 is 1.10 bits per heavy atom. The van der Waals surface area contributed by atoms with Crippen LogP contribution in [0.5, 0.6) is 0 Å². The van der Waals surface area contributed by atoms with Crippen molar-refractivity contribution in [3.63, 3.8) is 0 Å². The molecule has 0 bridgehead atoms. The van der Waals surface area contributed by atoms with Crippen LogP contribution in [0, 0.1) is 0 Å². The number of hydrogen-bond acceptors (Lipinski definition) is 6. The fraction of sp³-hybridized carbons (Fsp3) is 0.211. The van der Waals surface area contributed by atoms with E-state index in [0.29, 0.717) is 42.1 Å². The zero-order chi connectivity index (χ0) is 20.3. The molecule has 2 heterocycles. The molecule has 10 heteroatoms. The van der Waals surface area contributed by atoms with Crippen LogP contribution < -0.4 is 10.0 Å². The van der Waals surface area contributed by atoms with Gasteiger partial charge in [-0.3, -0.25) is 4.72 Å². The lowest BCUT2D eigenvalue weighted by Gasteiger charge is -2.26. The maximum atomic E-state index is 12.6. The lowest BCUT2D eigenvalue weighted by Crippen LogP contribution is -2.43. The molecule has 0 atom stereocenters. The predicted molar refractivity (Wildman–Crippen MR) is 117 cm³/mol. The Kier molecular flexibility index (Phi) is 6.02. The molecule has 1 aliphatic rings. The van der Waals surface area contributed by atoms with E-state index in [9.17, 15) is 8.42 Å². The summed E-state index contributed by atoms with van der Waals surface area (Å²) in [7, 11) is -3.62. The van der Waals surface area contributed by atoms with Crippen LogP contribution in [0.4, 0.5) is 16.5 Å². The Labute approximate surface area is 178 Å². The lowest BCUT2D eigenvalue weighted by molar-refractivity contribution is 0.0733. The number of thiazole rings is 1. The van der Waals surface area contributed by atoms with Crippen LogP contribution in [0.1, 0.15) is 0 Å². The van der Waals surface area contributed by atoms with Gasteiger partial charge >= 0.3 is 10.2 Å². The third-order valence-corrected chi connectivity index (χ3v) is 6.96. The third kappa shape index (κ3) is 4.88. The van der Waals surface area contributed by atoms with Gasteiger partial charge in [0.2, 0.25) is 0 Å². The summed E-state index contributed by atoms with van der Waals surface area (Å²) in [6, 6.07) is 14.6. The maximum absolute atomic E-state index is 12.6. The number of anilines is 3. The van der Waals surface area contributed by atoms with E-state index >= 15 is 0 Å². The molecule has 1 saturated heterocycles. The molecule has 152 valence electrons. The van der Waals surface area contributed by atoms with Crippen molar-refractivity contribution in [2.45, 2.75) is 0 Å². The van der Waals surface area contributed by atoms with Crippen molar-refractivity contribution < 1.29 is 13.2 Å². The minimum atomic E-state index is -3.62. The highest BCUT2D eigenvalue weighted by Crippen LogP contribution is 2.31. The van der Waals surface area contributed by atoms with Crippen molar-refractivity contribution in [1.29, 1.82) is 0 Å². The van der Waals surface area contributed by atoms with Crippen LogP contribution in [0.2, 0.25) is 5.02 Å². The quantitative estimate of drug-likeness (QED) is 0.588. The number of rotatable bonds is 6. The van der Waals surface area contributed by atoms with Crippen molar-refractivity contribution in [3.8, 4) is 11.3 Å². The standard InChI is InChI=1S/C19H19ClN4O3S2/c20-16-6-1-2-7-17(16)21-19-22-18(13-28-19)14-4-3-5-15(12-14)23-29(25,26)24-8-10-27-11-9-24/h1-7,12-13,23H,8-11H2,(H,21,22). The number of morpholine rings is 1. The monoisotopic (exact) mass is 450 g/mol. The van der Waals surface area contributed by atoms with Gasteiger partial charge in [-0.15, -0.1) is 11.3 Å². The molecular weight excluding hydrogens is 432 g/mol. The summed E-state index contributed by atoms with van der Waals surface area (Å²) >= 11 is 7.63. The molecule has 1 fully saturated rings. The Hall–Kier alpha value is -2.17. The summed E-state index contributed by atoms with van der Waals surface area (Å²) in [5.41, 5.74) is 2.83. The van der Waals surface area contributed by atoms with E-state index in [0.717, 1.165) is 16.9 Å². The highest BCUT2D eigenvalue weighted by Gasteiger charge is 2.24. The molecule has 2 aromatic carbocycles. The Morgan fingerprint density at radius 2 is 1.90 bits per heavy atom. The topological polar surface area (TPSA) is 83.6 Å². The molecule has 1 aliphatic heterocycles. The number of aromatic nitrogens is 1. The Morgan fingerprint density at radius 3 is 2.69 bits per heavy atom. The fourth-order valence-corrected chi connectivity index (χ4v) is 4.98. The normalized spacial score (nSPS) is 15.2. The zero-order valence-corrected chi connectivity index (χ0v) is 17.7. The van der Waals surface area contributed by atoms with E-state index in [-0.39, 0.29) is 0 Å². The highest BCUT2D eigenvalue weighted by atomic mass is 35.5. The number of benzene rings is 2. The molecule has 0 amide bonds. The molecule has 29 heavy (non-hydrogen) atoms. The molecule has 0 unspecified atom stereocenters. The van der Waals surface area contributed by atoms with Crippen molar-refractivity contribution in [1.82, 2.24) is 9.29 Å². The van der Waals surface area contributed by atoms with Gasteiger partial charge in [0.1, 0.15) is 0 Å². The number of halogens is 1. The second-order valence-corrected chi connectivity index (χ2v) is 9.28. The van der Waals surface area contributed by atoms with E-state index in [1.807, 2.05) is 35.7 Å². The molecular formula is C19H19ClN4O3S2. The number of hydrogen-bond donors (Lipinski definition) is 2. The van der Waals surface area contributed by atoms with Gasteiger partial charge in [-0.1, -0.05) is 35.9 Å². The first-order valence-electron chi connectivity index (χ1n) is 8.94. The molecule has 0 aliphatic carbocycles. The van der Waals surface area contributed by atoms with Gasteiger partial charge in [-0.05, 0) is 24.3 Å². The zero-order valence-electron chi connectivity index (χ0n) is 15.3. The van der Waals surface area contributed by atoms with E-state index in [1.165, 1.54) is 15.6 Å². The number of ether oxygens (including phenoxy) is 1. The van der Waals surface area contributed by atoms with Gasteiger partial charge < -0.3 is 10.1 Å². The lowest BCUT2D eigenvalue weighted by atomic mass is 10.1. The van der Waals surface area contributed by atoms with Gasteiger partial charge in [0.25, 0.3) is 0 Å². The average Bonchev–Trinajstić information content (AvgIpc) is 3.19. The van der Waals surface area contributed by atoms with Gasteiger partial charge in [0.05, 0.1) is 35.3 Å². The Bertz CT molecular complexity index is 1100. The van der Waals surface area contributed by atoms with Gasteiger partial charge in [0, 0.05) is 24.0 Å². The summed E-state index contributed by atoms with van der Waals surface area (Å²) in [4.78, 5) is 4.59. The first-order valence-corrected chi connectivity index (χ1v) is 11.6. The van der Waals surface area contributed by atoms with E-state index < -0.39 is 10.2 Å². The summed E-state index contributed by atoms with van der Waals surface area (Å²) in [5.74, 6) is 0. The average molecular weight is 451 g/mol. The van der Waals surface area contributed by atoms with E-state index in [4.69, 9.17) is 16.3 Å². The maximum Gasteiger partial charge on any atom is 0.301 e. The minimum absolute atomic E-state index is 0.345. The van der Waals surface area contributed by atoms with Crippen LogP contribution in [0.25, 0.3) is 11.3 Å². The van der Waals surface area contributed by atoms with E-state index in [2.05, 4.69) is 15.0 Å². The minimum Gasteiger partial charge on any atom is -0.379 e. The van der Waals surface area contributed by atoms with Crippen molar-refractivity contribution in [2.24, 2.45) is 0 Å². The summed E-state index contributed by atoms with van der Waals surface area (Å²) < 4.78 is 34.4. The number of nitrogens with one attached hydrogen (secondary N) is 2. The summed E-state index contributed by atoms with van der Waals surface area (Å²) in [6.45, 7) is 1.50. The van der Waals surface area contributed by atoms with Crippen LogP contribution in [0.3, 0.4) is 0 Å². The van der Waals surface area contributed by atoms with Crippen LogP contribution >= 0.6 is 22.9 Å². The predicted octanol–water partition coefficient (Wildman–Crippen LogP) is 4.20. The van der Waals surface area contributed by atoms with Crippen LogP contribution in [-0.2, 0) is 14.9 Å². The van der Waals surface area contributed by atoms with Crippen molar-refractivity contribution >= 4 is 49.7 Å². The smallest absolute Gasteiger partial charge is 0.301 e. The highest BCUT2D eigenvalue weighted by molar-refractivity contribution is 7.90. The molecule has 1 aromatic heterocycles. The third-order valence-electron chi connectivity index (χ3n) is 4.33. The van der Waals surface area contributed by atoms with Crippen LogP contribution in [0.15, 0.2) is 53.9 Å². The van der Waals surface area contributed by atoms with Gasteiger partial charge in [-0.25, -0.2) is 4.98 Å². The molecule has 7 nitrogen and oxygen atoms in total. The summed E-state index contributed by atoms with van der Waals surface area (Å²) in [5, 5.41) is 6.43. The molecule has 4 rings (SSSR count). The van der Waals surface area contributed by atoms with Crippen molar-refractivity contribution in [3.05, 3.63) is 58.9 Å². The molecule has 3 aromatic rings. The van der Waals surface area contributed by atoms with Gasteiger partial charge in [-0.2, -0.15) is 12.7 Å². The largest absolute Gasteiger partial charge is 0.379 e. The second-order valence-electron chi connectivity index (χ2n) is 6.34. The summed E-state index contributed by atoms with van der Waals surface area (Å²) in [6.07, 6.45) is 0. The number of para-hydroxylation sites is 1. The Balaban J connectivity index is 1.50. The van der Waals surface area contributed by atoms with Gasteiger partial charge in [0.15, 0.2) is 5.13 Å².